The van der Waals surface area contributed by atoms with Gasteiger partial charge in [0.25, 0.3) is 0 Å². The minimum Gasteiger partial charge on any atom is -0.457 e. The lowest BCUT2D eigenvalue weighted by molar-refractivity contribution is -0.276. The van der Waals surface area contributed by atoms with Crippen molar-refractivity contribution in [3.05, 3.63) is 59.8 Å². The molecule has 7 heteroatoms. The fraction of sp³-hybridized carbons (Fsp3) is 0.143. The number of alkyl halides is 3. The molecule has 0 aliphatic carbocycles. The number of nitrogens with zero attached hydrogens (tertiary/aromatic N) is 1. The molecule has 0 aliphatic heterocycles. The highest BCUT2D eigenvalue weighted by Crippen LogP contribution is 2.20. The van der Waals surface area contributed by atoms with Gasteiger partial charge >= 0.3 is 12.3 Å². The summed E-state index contributed by atoms with van der Waals surface area (Å²) < 4.78 is 44.5. The monoisotopic (exact) mass is 297 g/mol. The first-order valence-corrected chi connectivity index (χ1v) is 5.87. The molecule has 0 atom stereocenters. The van der Waals surface area contributed by atoms with Crippen LogP contribution in [-0.4, -0.2) is 17.3 Å². The van der Waals surface area contributed by atoms with Gasteiger partial charge in [0, 0.05) is 12.3 Å². The van der Waals surface area contributed by atoms with Gasteiger partial charge in [0.05, 0.1) is 5.56 Å². The first kappa shape index (κ1) is 14.8. The van der Waals surface area contributed by atoms with Crippen LogP contribution in [0.25, 0.3) is 0 Å². The zero-order valence-electron chi connectivity index (χ0n) is 10.6. The summed E-state index contributed by atoms with van der Waals surface area (Å²) in [7, 11) is 0. The van der Waals surface area contributed by atoms with E-state index in [9.17, 15) is 18.0 Å². The van der Waals surface area contributed by atoms with Gasteiger partial charge in [-0.2, -0.15) is 0 Å². The van der Waals surface area contributed by atoms with Gasteiger partial charge in [-0.15, -0.1) is 13.2 Å². The standard InChI is InChI=1S/C14H10F3NO3/c15-14(16,17)21-12-7-6-11(8-18-12)13(19)20-9-10-4-2-1-3-5-10/h1-8H,9H2. The fourth-order valence-electron chi connectivity index (χ4n) is 1.49. The molecule has 0 bridgehead atoms. The molecule has 0 fully saturated rings. The van der Waals surface area contributed by atoms with Crippen LogP contribution in [0.3, 0.4) is 0 Å². The summed E-state index contributed by atoms with van der Waals surface area (Å²) in [5.74, 6) is -1.31. The van der Waals surface area contributed by atoms with Crippen molar-refractivity contribution in [2.75, 3.05) is 0 Å². The largest absolute Gasteiger partial charge is 0.574 e. The van der Waals surface area contributed by atoms with E-state index in [2.05, 4.69) is 9.72 Å². The van der Waals surface area contributed by atoms with E-state index >= 15 is 0 Å². The molecule has 2 aromatic rings. The van der Waals surface area contributed by atoms with Crippen LogP contribution >= 0.6 is 0 Å². The third kappa shape index (κ3) is 4.79. The van der Waals surface area contributed by atoms with Gasteiger partial charge in [0.2, 0.25) is 5.88 Å². The molecular formula is C14H10F3NO3. The number of pyridine rings is 1. The summed E-state index contributed by atoms with van der Waals surface area (Å²) in [6.07, 6.45) is -3.85. The van der Waals surface area contributed by atoms with E-state index in [1.54, 1.807) is 24.3 Å². The van der Waals surface area contributed by atoms with E-state index in [0.717, 1.165) is 23.9 Å². The highest BCUT2D eigenvalue weighted by molar-refractivity contribution is 5.89. The van der Waals surface area contributed by atoms with Crippen LogP contribution in [0.15, 0.2) is 48.7 Å². The van der Waals surface area contributed by atoms with Gasteiger partial charge in [-0.3, -0.25) is 0 Å². The maximum atomic E-state index is 12.0. The molecule has 0 saturated heterocycles. The van der Waals surface area contributed by atoms with Crippen molar-refractivity contribution in [2.24, 2.45) is 0 Å². The van der Waals surface area contributed by atoms with E-state index in [-0.39, 0.29) is 12.2 Å². The van der Waals surface area contributed by atoms with Crippen molar-refractivity contribution in [1.29, 1.82) is 0 Å². The molecule has 110 valence electrons. The van der Waals surface area contributed by atoms with Crippen molar-refractivity contribution >= 4 is 5.97 Å². The molecule has 2 rings (SSSR count). The van der Waals surface area contributed by atoms with Crippen molar-refractivity contribution in [1.82, 2.24) is 4.98 Å². The van der Waals surface area contributed by atoms with Gasteiger partial charge in [0.15, 0.2) is 0 Å². The zero-order valence-corrected chi connectivity index (χ0v) is 10.6. The number of carbonyl (C=O) groups excluding carboxylic acids is 1. The lowest BCUT2D eigenvalue weighted by Crippen LogP contribution is -2.18. The molecule has 0 aliphatic rings. The molecule has 0 saturated carbocycles. The SMILES string of the molecule is O=C(OCc1ccccc1)c1ccc(OC(F)(F)F)nc1. The van der Waals surface area contributed by atoms with E-state index in [1.165, 1.54) is 0 Å². The second kappa shape index (κ2) is 6.25. The number of aromatic nitrogens is 1. The summed E-state index contributed by atoms with van der Waals surface area (Å²) in [5.41, 5.74) is 0.844. The maximum absolute atomic E-state index is 12.0. The van der Waals surface area contributed by atoms with Crippen LogP contribution in [0.4, 0.5) is 13.2 Å². The van der Waals surface area contributed by atoms with Crippen LogP contribution in [-0.2, 0) is 11.3 Å². The Labute approximate surface area is 118 Å². The zero-order chi connectivity index (χ0) is 15.3. The van der Waals surface area contributed by atoms with Crippen LogP contribution in [0, 0.1) is 0 Å². The third-order valence-corrected chi connectivity index (χ3v) is 2.41. The van der Waals surface area contributed by atoms with E-state index in [4.69, 9.17) is 4.74 Å². The predicted octanol–water partition coefficient (Wildman–Crippen LogP) is 3.34. The molecule has 0 radical (unpaired) electrons. The molecule has 4 nitrogen and oxygen atoms in total. The minimum atomic E-state index is -4.82. The van der Waals surface area contributed by atoms with Gasteiger partial charge in [-0.25, -0.2) is 9.78 Å². The Bertz CT molecular complexity index is 597. The van der Waals surface area contributed by atoms with E-state index < -0.39 is 18.2 Å². The molecule has 0 amide bonds. The Kier molecular flexibility index (Phi) is 4.42. The van der Waals surface area contributed by atoms with Crippen molar-refractivity contribution in [2.45, 2.75) is 13.0 Å². The summed E-state index contributed by atoms with van der Waals surface area (Å²) in [4.78, 5) is 15.1. The summed E-state index contributed by atoms with van der Waals surface area (Å²) in [6.45, 7) is 0.0699. The number of carbonyl (C=O) groups is 1. The van der Waals surface area contributed by atoms with Gasteiger partial charge in [-0.1, -0.05) is 30.3 Å². The smallest absolute Gasteiger partial charge is 0.457 e. The maximum Gasteiger partial charge on any atom is 0.574 e. The Hall–Kier alpha value is -2.57. The molecule has 21 heavy (non-hydrogen) atoms. The van der Waals surface area contributed by atoms with Crippen LogP contribution in [0.2, 0.25) is 0 Å². The second-order valence-electron chi connectivity index (χ2n) is 3.99. The lowest BCUT2D eigenvalue weighted by atomic mass is 10.2. The van der Waals surface area contributed by atoms with Crippen molar-refractivity contribution in [3.63, 3.8) is 0 Å². The Morgan fingerprint density at radius 2 is 1.81 bits per heavy atom. The number of halogens is 3. The molecule has 1 aromatic heterocycles. The van der Waals surface area contributed by atoms with E-state index in [1.807, 2.05) is 6.07 Å². The van der Waals surface area contributed by atoms with Crippen molar-refractivity contribution in [3.8, 4) is 5.88 Å². The number of rotatable bonds is 4. The highest BCUT2D eigenvalue weighted by Gasteiger charge is 2.31. The number of hydrogen-bond donors (Lipinski definition) is 0. The third-order valence-electron chi connectivity index (χ3n) is 2.41. The fourth-order valence-corrected chi connectivity index (χ4v) is 1.49. The highest BCUT2D eigenvalue weighted by atomic mass is 19.4. The molecule has 0 spiro atoms. The average molecular weight is 297 g/mol. The molecular weight excluding hydrogens is 287 g/mol. The topological polar surface area (TPSA) is 48.4 Å². The quantitative estimate of drug-likeness (QED) is 0.812. The molecule has 1 aromatic carbocycles. The molecule has 0 unspecified atom stereocenters. The Morgan fingerprint density at radius 3 is 2.38 bits per heavy atom. The molecule has 1 heterocycles. The van der Waals surface area contributed by atoms with Crippen LogP contribution < -0.4 is 4.74 Å². The Balaban J connectivity index is 1.94. The first-order valence-electron chi connectivity index (χ1n) is 5.87. The first-order chi connectivity index (χ1) is 9.94. The number of ether oxygens (including phenoxy) is 2. The number of benzene rings is 1. The van der Waals surface area contributed by atoms with Gasteiger partial charge in [0.1, 0.15) is 6.61 Å². The summed E-state index contributed by atoms with van der Waals surface area (Å²) in [6, 6.07) is 11.1. The Morgan fingerprint density at radius 1 is 1.10 bits per heavy atom. The minimum absolute atomic E-state index is 0.0421. The normalized spacial score (nSPS) is 11.0. The van der Waals surface area contributed by atoms with Gasteiger partial charge < -0.3 is 9.47 Å². The lowest BCUT2D eigenvalue weighted by Gasteiger charge is -2.08. The summed E-state index contributed by atoms with van der Waals surface area (Å²) in [5, 5.41) is 0. The average Bonchev–Trinajstić information content (AvgIpc) is 2.45. The predicted molar refractivity (Wildman–Crippen MR) is 66.5 cm³/mol. The van der Waals surface area contributed by atoms with Crippen molar-refractivity contribution < 1.29 is 27.4 Å². The second-order valence-corrected chi connectivity index (χ2v) is 3.99. The molecule has 0 N–H and O–H groups in total. The van der Waals surface area contributed by atoms with Gasteiger partial charge in [-0.05, 0) is 11.6 Å². The van der Waals surface area contributed by atoms with E-state index in [0.29, 0.717) is 0 Å². The number of esters is 1. The van der Waals surface area contributed by atoms with Crippen LogP contribution in [0.1, 0.15) is 15.9 Å². The summed E-state index contributed by atoms with van der Waals surface area (Å²) >= 11 is 0. The number of hydrogen-bond acceptors (Lipinski definition) is 4. The van der Waals surface area contributed by atoms with Crippen LogP contribution in [0.5, 0.6) is 5.88 Å².